The molecule has 0 atom stereocenters. The number of rotatable bonds is 7. The molecule has 2 aromatic heterocycles. The Morgan fingerprint density at radius 3 is 2.49 bits per heavy atom. The van der Waals surface area contributed by atoms with Crippen molar-refractivity contribution in [3.8, 4) is 16.9 Å². The van der Waals surface area contributed by atoms with Gasteiger partial charge in [-0.2, -0.15) is 0 Å². The number of hydrogen-bond acceptors (Lipinski definition) is 4. The van der Waals surface area contributed by atoms with E-state index in [0.717, 1.165) is 5.56 Å². The van der Waals surface area contributed by atoms with E-state index in [1.807, 2.05) is 51.1 Å². The molecule has 0 spiro atoms. The summed E-state index contributed by atoms with van der Waals surface area (Å²) in [6.07, 6.45) is 3.25. The molecule has 2 aromatic carbocycles. The van der Waals surface area contributed by atoms with Gasteiger partial charge in [-0.15, -0.1) is 0 Å². The van der Waals surface area contributed by atoms with Crippen LogP contribution in [0.15, 0.2) is 77.5 Å². The van der Waals surface area contributed by atoms with Gasteiger partial charge in [-0.3, -0.25) is 14.7 Å². The van der Waals surface area contributed by atoms with E-state index >= 15 is 0 Å². The highest BCUT2D eigenvalue weighted by atomic mass is 19.1. The largest absolute Gasteiger partial charge is 0.467 e. The van der Waals surface area contributed by atoms with E-state index in [2.05, 4.69) is 15.6 Å². The molecule has 4 rings (SSSR count). The van der Waals surface area contributed by atoms with Gasteiger partial charge in [0.15, 0.2) is 0 Å². The molecule has 192 valence electrons. The number of amides is 3. The fourth-order valence-corrected chi connectivity index (χ4v) is 3.67. The quantitative estimate of drug-likeness (QED) is 0.347. The van der Waals surface area contributed by atoms with Gasteiger partial charge in [-0.1, -0.05) is 36.4 Å². The van der Waals surface area contributed by atoms with Crippen LogP contribution in [-0.2, 0) is 11.3 Å². The number of benzene rings is 2. The van der Waals surface area contributed by atoms with E-state index in [0.29, 0.717) is 22.7 Å². The number of nitrogens with one attached hydrogen (secondary N) is 2. The summed E-state index contributed by atoms with van der Waals surface area (Å²) in [6, 6.07) is 17.3. The highest BCUT2D eigenvalue weighted by Crippen LogP contribution is 2.25. The number of carbonyl (C=O) groups is 2. The van der Waals surface area contributed by atoms with Gasteiger partial charge in [0, 0.05) is 17.3 Å². The Balaban J connectivity index is 1.62. The monoisotopic (exact) mass is 503 g/mol. The lowest BCUT2D eigenvalue weighted by Gasteiger charge is -2.27. The Kier molecular flexibility index (Phi) is 7.42. The first-order valence-corrected chi connectivity index (χ1v) is 11.9. The first-order chi connectivity index (χ1) is 17.6. The van der Waals surface area contributed by atoms with Gasteiger partial charge in [0.25, 0.3) is 0 Å². The zero-order valence-electron chi connectivity index (χ0n) is 21.3. The SMILES string of the molecule is Cc1ccc(-n2cc(-c3ccccc3)nc2NC(=O)CN(Cc2ccco2)C(=O)NC(C)(C)C)cc1F. The molecule has 0 fully saturated rings. The van der Waals surface area contributed by atoms with Crippen molar-refractivity contribution in [2.45, 2.75) is 39.8 Å². The lowest BCUT2D eigenvalue weighted by atomic mass is 10.1. The highest BCUT2D eigenvalue weighted by molar-refractivity contribution is 5.93. The van der Waals surface area contributed by atoms with Crippen molar-refractivity contribution in [3.63, 3.8) is 0 Å². The Hall–Kier alpha value is -4.40. The van der Waals surface area contributed by atoms with Gasteiger partial charge in [0.2, 0.25) is 11.9 Å². The second-order valence-electron chi connectivity index (χ2n) is 9.78. The number of halogens is 1. The fourth-order valence-electron chi connectivity index (χ4n) is 3.67. The van der Waals surface area contributed by atoms with Crippen molar-refractivity contribution in [1.82, 2.24) is 19.8 Å². The zero-order chi connectivity index (χ0) is 26.6. The van der Waals surface area contributed by atoms with E-state index < -0.39 is 17.5 Å². The molecule has 0 unspecified atom stereocenters. The van der Waals surface area contributed by atoms with Crippen LogP contribution in [0.1, 0.15) is 32.1 Å². The summed E-state index contributed by atoms with van der Waals surface area (Å²) < 4.78 is 21.4. The summed E-state index contributed by atoms with van der Waals surface area (Å²) >= 11 is 0. The van der Waals surface area contributed by atoms with Gasteiger partial charge >= 0.3 is 6.03 Å². The first kappa shape index (κ1) is 25.7. The van der Waals surface area contributed by atoms with Gasteiger partial charge in [-0.25, -0.2) is 14.2 Å². The molecule has 0 saturated heterocycles. The molecule has 2 heterocycles. The van der Waals surface area contributed by atoms with Crippen molar-refractivity contribution in [2.24, 2.45) is 0 Å². The molecule has 0 aliphatic rings. The Morgan fingerprint density at radius 1 is 1.08 bits per heavy atom. The number of aryl methyl sites for hydroxylation is 1. The van der Waals surface area contributed by atoms with Crippen molar-refractivity contribution in [3.05, 3.63) is 90.3 Å². The molecule has 8 nitrogen and oxygen atoms in total. The number of anilines is 1. The minimum absolute atomic E-state index is 0.106. The summed E-state index contributed by atoms with van der Waals surface area (Å²) in [6.45, 7) is 7.12. The number of carbonyl (C=O) groups excluding carboxylic acids is 2. The van der Waals surface area contributed by atoms with E-state index in [-0.39, 0.29) is 24.9 Å². The minimum atomic E-state index is -0.495. The lowest BCUT2D eigenvalue weighted by Crippen LogP contribution is -2.50. The zero-order valence-corrected chi connectivity index (χ0v) is 21.3. The second kappa shape index (κ2) is 10.7. The standard InChI is InChI=1S/C28H30FN5O3/c1-19-12-13-21(15-23(19)29)34-17-24(20-9-6-5-7-10-20)30-26(34)31-25(35)18-33(16-22-11-8-14-37-22)27(36)32-28(2,3)4/h5-15,17H,16,18H2,1-4H3,(H,32,36)(H,30,31,35). The number of imidazole rings is 1. The van der Waals surface area contributed by atoms with Crippen LogP contribution in [0.5, 0.6) is 0 Å². The van der Waals surface area contributed by atoms with Crippen molar-refractivity contribution >= 4 is 17.9 Å². The maximum Gasteiger partial charge on any atom is 0.318 e. The van der Waals surface area contributed by atoms with Crippen molar-refractivity contribution in [2.75, 3.05) is 11.9 Å². The third kappa shape index (κ3) is 6.63. The summed E-state index contributed by atoms with van der Waals surface area (Å²) in [4.78, 5) is 32.1. The average Bonchev–Trinajstić information content (AvgIpc) is 3.50. The molecule has 0 saturated carbocycles. The molecule has 0 radical (unpaired) electrons. The average molecular weight is 504 g/mol. The maximum atomic E-state index is 14.4. The summed E-state index contributed by atoms with van der Waals surface area (Å²) in [5.41, 5.74) is 1.97. The van der Waals surface area contributed by atoms with Crippen LogP contribution >= 0.6 is 0 Å². The molecule has 0 aliphatic carbocycles. The molecule has 0 aliphatic heterocycles. The van der Waals surface area contributed by atoms with E-state index in [1.54, 1.807) is 42.0 Å². The molecule has 3 amide bonds. The molecular weight excluding hydrogens is 473 g/mol. The third-order valence-electron chi connectivity index (χ3n) is 5.49. The normalized spacial score (nSPS) is 11.3. The lowest BCUT2D eigenvalue weighted by molar-refractivity contribution is -0.117. The number of nitrogens with zero attached hydrogens (tertiary/aromatic N) is 3. The van der Waals surface area contributed by atoms with Gasteiger partial charge in [-0.05, 0) is 57.5 Å². The summed E-state index contributed by atoms with van der Waals surface area (Å²) in [5.74, 6) is -0.0796. The van der Waals surface area contributed by atoms with Crippen molar-refractivity contribution in [1.29, 1.82) is 0 Å². The Morgan fingerprint density at radius 2 is 1.84 bits per heavy atom. The predicted molar refractivity (Wildman–Crippen MR) is 140 cm³/mol. The maximum absolute atomic E-state index is 14.4. The first-order valence-electron chi connectivity index (χ1n) is 11.9. The molecule has 2 N–H and O–H groups in total. The molecule has 0 bridgehead atoms. The van der Waals surface area contributed by atoms with Crippen LogP contribution in [0.2, 0.25) is 0 Å². The fraction of sp³-hybridized carbons (Fsp3) is 0.250. The number of hydrogen-bond donors (Lipinski definition) is 2. The number of urea groups is 1. The smallest absolute Gasteiger partial charge is 0.318 e. The van der Waals surface area contributed by atoms with Crippen LogP contribution in [0, 0.1) is 12.7 Å². The summed E-state index contributed by atoms with van der Waals surface area (Å²) in [7, 11) is 0. The van der Waals surface area contributed by atoms with Crippen LogP contribution in [-0.4, -0.2) is 38.5 Å². The van der Waals surface area contributed by atoms with E-state index in [9.17, 15) is 14.0 Å². The van der Waals surface area contributed by atoms with Crippen LogP contribution in [0.25, 0.3) is 16.9 Å². The van der Waals surface area contributed by atoms with Gasteiger partial charge in [0.05, 0.1) is 24.2 Å². The number of furan rings is 1. The van der Waals surface area contributed by atoms with Crippen LogP contribution in [0.3, 0.4) is 0 Å². The molecule has 9 heteroatoms. The van der Waals surface area contributed by atoms with Crippen LogP contribution in [0.4, 0.5) is 15.1 Å². The molecule has 4 aromatic rings. The summed E-state index contributed by atoms with van der Waals surface area (Å²) in [5, 5.41) is 5.68. The van der Waals surface area contributed by atoms with Crippen LogP contribution < -0.4 is 10.6 Å². The minimum Gasteiger partial charge on any atom is -0.467 e. The Labute approximate surface area is 215 Å². The van der Waals surface area contributed by atoms with E-state index in [1.165, 1.54) is 17.2 Å². The van der Waals surface area contributed by atoms with Crippen molar-refractivity contribution < 1.29 is 18.4 Å². The number of aromatic nitrogens is 2. The topological polar surface area (TPSA) is 92.4 Å². The van der Waals surface area contributed by atoms with E-state index in [4.69, 9.17) is 4.42 Å². The highest BCUT2D eigenvalue weighted by Gasteiger charge is 2.24. The molecule has 37 heavy (non-hydrogen) atoms. The second-order valence-corrected chi connectivity index (χ2v) is 9.78. The molecular formula is C28H30FN5O3. The van der Waals surface area contributed by atoms with Gasteiger partial charge < -0.3 is 14.6 Å². The third-order valence-corrected chi connectivity index (χ3v) is 5.49. The predicted octanol–water partition coefficient (Wildman–Crippen LogP) is 5.53. The Bertz CT molecular complexity index is 1370. The van der Waals surface area contributed by atoms with Gasteiger partial charge in [0.1, 0.15) is 18.1 Å².